The molecule has 2 heterocycles. The average Bonchev–Trinajstić information content (AvgIpc) is 3.29. The molecule has 1 aliphatic heterocycles. The highest BCUT2D eigenvalue weighted by Crippen LogP contribution is 2.31. The summed E-state index contributed by atoms with van der Waals surface area (Å²) in [5.74, 6) is 0. The standard InChI is InChI=1S/C23H29F3N4O2/c1-32-20-8-6-18(7-9-20)28-22(31)29-12-10-19(11-13-29)30-14-21(27-15-30)16-2-4-17(5-3-16)23(24,25)26/h2-5,14-15,18-20H,6-13H2,1H3,(H,28,31)/t18-,20-. The van der Waals surface area contributed by atoms with Crippen LogP contribution in [0.25, 0.3) is 11.3 Å². The van der Waals surface area contributed by atoms with E-state index >= 15 is 0 Å². The summed E-state index contributed by atoms with van der Waals surface area (Å²) in [7, 11) is 1.74. The molecule has 1 saturated carbocycles. The van der Waals surface area contributed by atoms with E-state index in [-0.39, 0.29) is 18.1 Å². The molecule has 1 aliphatic carbocycles. The van der Waals surface area contributed by atoms with E-state index in [2.05, 4.69) is 10.3 Å². The lowest BCUT2D eigenvalue weighted by molar-refractivity contribution is -0.137. The number of hydrogen-bond acceptors (Lipinski definition) is 3. The van der Waals surface area contributed by atoms with Crippen molar-refractivity contribution in [3.63, 3.8) is 0 Å². The number of ether oxygens (including phenoxy) is 1. The van der Waals surface area contributed by atoms with Gasteiger partial charge in [0.05, 0.1) is 23.7 Å². The SMILES string of the molecule is CO[C@H]1CC[C@H](NC(=O)N2CCC(n3cnc(-c4ccc(C(F)(F)F)cc4)c3)CC2)CC1. The van der Waals surface area contributed by atoms with Crippen LogP contribution in [0.1, 0.15) is 50.1 Å². The Kier molecular flexibility index (Phi) is 6.74. The highest BCUT2D eigenvalue weighted by Gasteiger charge is 2.30. The third-order valence-corrected chi connectivity index (χ3v) is 6.62. The van der Waals surface area contributed by atoms with Gasteiger partial charge in [0.2, 0.25) is 0 Å². The van der Waals surface area contributed by atoms with E-state index in [4.69, 9.17) is 4.74 Å². The summed E-state index contributed by atoms with van der Waals surface area (Å²) in [6.45, 7) is 1.33. The Balaban J connectivity index is 1.28. The molecule has 0 spiro atoms. The van der Waals surface area contributed by atoms with E-state index < -0.39 is 11.7 Å². The maximum absolute atomic E-state index is 12.8. The van der Waals surface area contributed by atoms with E-state index in [1.54, 1.807) is 13.4 Å². The van der Waals surface area contributed by atoms with Crippen molar-refractivity contribution in [2.75, 3.05) is 20.2 Å². The summed E-state index contributed by atoms with van der Waals surface area (Å²) in [4.78, 5) is 18.9. The van der Waals surface area contributed by atoms with Gasteiger partial charge < -0.3 is 19.5 Å². The van der Waals surface area contributed by atoms with Crippen LogP contribution in [-0.4, -0.2) is 52.8 Å². The Hall–Kier alpha value is -2.55. The molecule has 2 aliphatic rings. The van der Waals surface area contributed by atoms with Crippen molar-refractivity contribution < 1.29 is 22.7 Å². The van der Waals surface area contributed by atoms with Crippen LogP contribution >= 0.6 is 0 Å². The lowest BCUT2D eigenvalue weighted by atomic mass is 9.93. The van der Waals surface area contributed by atoms with E-state index in [9.17, 15) is 18.0 Å². The minimum Gasteiger partial charge on any atom is -0.381 e. The van der Waals surface area contributed by atoms with Crippen LogP contribution in [0, 0.1) is 0 Å². The van der Waals surface area contributed by atoms with Gasteiger partial charge in [-0.05, 0) is 50.7 Å². The molecule has 1 aromatic carbocycles. The lowest BCUT2D eigenvalue weighted by Gasteiger charge is -2.35. The van der Waals surface area contributed by atoms with E-state index in [0.717, 1.165) is 50.7 Å². The van der Waals surface area contributed by atoms with Gasteiger partial charge in [0.15, 0.2) is 0 Å². The Labute approximate surface area is 185 Å². The van der Waals surface area contributed by atoms with Gasteiger partial charge in [-0.1, -0.05) is 12.1 Å². The molecule has 2 fully saturated rings. The number of aromatic nitrogens is 2. The number of nitrogens with one attached hydrogen (secondary N) is 1. The number of methoxy groups -OCH3 is 1. The minimum atomic E-state index is -4.35. The van der Waals surface area contributed by atoms with Crippen molar-refractivity contribution >= 4 is 6.03 Å². The van der Waals surface area contributed by atoms with Gasteiger partial charge in [-0.25, -0.2) is 9.78 Å². The fourth-order valence-corrected chi connectivity index (χ4v) is 4.59. The summed E-state index contributed by atoms with van der Waals surface area (Å²) >= 11 is 0. The number of carbonyl (C=O) groups is 1. The quantitative estimate of drug-likeness (QED) is 0.723. The van der Waals surface area contributed by atoms with Crippen LogP contribution in [-0.2, 0) is 10.9 Å². The summed E-state index contributed by atoms with van der Waals surface area (Å²) in [6, 6.07) is 5.48. The Morgan fingerprint density at radius 2 is 1.72 bits per heavy atom. The number of urea groups is 1. The number of amides is 2. The van der Waals surface area contributed by atoms with Crippen molar-refractivity contribution in [2.45, 2.75) is 62.9 Å². The van der Waals surface area contributed by atoms with Crippen LogP contribution in [0.2, 0.25) is 0 Å². The Bertz CT molecular complexity index is 897. The van der Waals surface area contributed by atoms with Crippen LogP contribution in [0.4, 0.5) is 18.0 Å². The first kappa shape index (κ1) is 22.6. The molecular formula is C23H29F3N4O2. The number of likely N-dealkylation sites (tertiary alicyclic amines) is 1. The Morgan fingerprint density at radius 3 is 2.31 bits per heavy atom. The van der Waals surface area contributed by atoms with Crippen LogP contribution in [0.5, 0.6) is 0 Å². The highest BCUT2D eigenvalue weighted by molar-refractivity contribution is 5.74. The fourth-order valence-electron chi connectivity index (χ4n) is 4.59. The molecule has 32 heavy (non-hydrogen) atoms. The number of nitrogens with zero attached hydrogens (tertiary/aromatic N) is 3. The second-order valence-electron chi connectivity index (χ2n) is 8.66. The molecule has 0 bridgehead atoms. The molecular weight excluding hydrogens is 421 g/mol. The zero-order valence-electron chi connectivity index (χ0n) is 18.1. The number of piperidine rings is 1. The van der Waals surface area contributed by atoms with Crippen molar-refractivity contribution in [3.8, 4) is 11.3 Å². The zero-order valence-corrected chi connectivity index (χ0v) is 18.1. The smallest absolute Gasteiger partial charge is 0.381 e. The van der Waals surface area contributed by atoms with Gasteiger partial charge in [0, 0.05) is 44.0 Å². The second kappa shape index (κ2) is 9.52. The third-order valence-electron chi connectivity index (χ3n) is 6.62. The van der Waals surface area contributed by atoms with E-state index in [1.807, 2.05) is 15.7 Å². The van der Waals surface area contributed by atoms with E-state index in [0.29, 0.717) is 30.5 Å². The summed E-state index contributed by atoms with van der Waals surface area (Å²) in [6.07, 6.45) is 5.03. The first-order valence-electron chi connectivity index (χ1n) is 11.1. The lowest BCUT2D eigenvalue weighted by Crippen LogP contribution is -2.49. The molecule has 2 amide bonds. The second-order valence-corrected chi connectivity index (χ2v) is 8.66. The van der Waals surface area contributed by atoms with Gasteiger partial charge >= 0.3 is 12.2 Å². The van der Waals surface area contributed by atoms with Gasteiger partial charge in [-0.15, -0.1) is 0 Å². The number of halogens is 3. The number of carbonyl (C=O) groups excluding carboxylic acids is 1. The summed E-state index contributed by atoms with van der Waals surface area (Å²) < 4.78 is 45.7. The monoisotopic (exact) mass is 450 g/mol. The molecule has 1 N–H and O–H groups in total. The van der Waals surface area contributed by atoms with Crippen molar-refractivity contribution in [3.05, 3.63) is 42.4 Å². The molecule has 0 radical (unpaired) electrons. The van der Waals surface area contributed by atoms with E-state index in [1.165, 1.54) is 12.1 Å². The van der Waals surface area contributed by atoms with Crippen molar-refractivity contribution in [1.82, 2.24) is 19.8 Å². The average molecular weight is 451 g/mol. The number of imidazole rings is 1. The predicted octanol–water partition coefficient (Wildman–Crippen LogP) is 4.87. The maximum Gasteiger partial charge on any atom is 0.416 e. The zero-order chi connectivity index (χ0) is 22.7. The third kappa shape index (κ3) is 5.26. The van der Waals surface area contributed by atoms with Gasteiger partial charge in [0.1, 0.15) is 0 Å². The van der Waals surface area contributed by atoms with Crippen molar-refractivity contribution in [1.29, 1.82) is 0 Å². The van der Waals surface area contributed by atoms with Crippen LogP contribution < -0.4 is 5.32 Å². The first-order chi connectivity index (χ1) is 15.3. The molecule has 1 saturated heterocycles. The number of alkyl halides is 3. The minimum absolute atomic E-state index is 0.000362. The van der Waals surface area contributed by atoms with Gasteiger partial charge in [-0.2, -0.15) is 13.2 Å². The molecule has 6 nitrogen and oxygen atoms in total. The van der Waals surface area contributed by atoms with Crippen LogP contribution in [0.3, 0.4) is 0 Å². The summed E-state index contributed by atoms with van der Waals surface area (Å²) in [5.41, 5.74) is 0.625. The molecule has 9 heteroatoms. The molecule has 1 aromatic heterocycles. The fraction of sp³-hybridized carbons (Fsp3) is 0.565. The van der Waals surface area contributed by atoms with Gasteiger partial charge in [-0.3, -0.25) is 0 Å². The summed E-state index contributed by atoms with van der Waals surface area (Å²) in [5, 5.41) is 3.16. The number of hydrogen-bond donors (Lipinski definition) is 1. The molecule has 174 valence electrons. The Morgan fingerprint density at radius 1 is 1.06 bits per heavy atom. The normalized spacial score (nSPS) is 22.7. The topological polar surface area (TPSA) is 59.4 Å². The number of benzene rings is 1. The van der Waals surface area contributed by atoms with Crippen LogP contribution in [0.15, 0.2) is 36.8 Å². The largest absolute Gasteiger partial charge is 0.416 e. The van der Waals surface area contributed by atoms with Gasteiger partial charge in [0.25, 0.3) is 0 Å². The first-order valence-corrected chi connectivity index (χ1v) is 11.1. The highest BCUT2D eigenvalue weighted by atomic mass is 19.4. The molecule has 4 rings (SSSR count). The molecule has 0 atom stereocenters. The molecule has 0 unspecified atom stereocenters. The predicted molar refractivity (Wildman–Crippen MR) is 114 cm³/mol. The maximum atomic E-state index is 12.8. The molecule has 2 aromatic rings. The van der Waals surface area contributed by atoms with Crippen molar-refractivity contribution in [2.24, 2.45) is 0 Å². The number of rotatable bonds is 4.